The lowest BCUT2D eigenvalue weighted by atomic mass is 10.2. The fraction of sp³-hybridized carbons (Fsp3) is 0.100. The number of hydrogen-bond donors (Lipinski definition) is 2. The normalized spacial score (nSPS) is 10.6. The van der Waals surface area contributed by atoms with Crippen molar-refractivity contribution in [3.63, 3.8) is 0 Å². The van der Waals surface area contributed by atoms with Crippen molar-refractivity contribution in [2.75, 3.05) is 5.43 Å². The first-order valence-electron chi connectivity index (χ1n) is 5.48. The Hall–Kier alpha value is -2.39. The molecule has 0 saturated heterocycles. The minimum atomic E-state index is 0.371. The maximum Gasteiger partial charge on any atom is 0.204 e. The van der Waals surface area contributed by atoms with Gasteiger partial charge >= 0.3 is 0 Å². The predicted octanol–water partition coefficient (Wildman–Crippen LogP) is 0.525. The van der Waals surface area contributed by atoms with Crippen LogP contribution in [0.4, 0.5) is 5.00 Å². The van der Waals surface area contributed by atoms with Crippen LogP contribution >= 0.6 is 11.5 Å². The molecule has 0 aliphatic rings. The molecule has 0 amide bonds. The van der Waals surface area contributed by atoms with Crippen LogP contribution < -0.4 is 11.3 Å². The van der Waals surface area contributed by atoms with Crippen LogP contribution in [0.25, 0.3) is 11.4 Å². The second-order valence-corrected chi connectivity index (χ2v) is 4.46. The fourth-order valence-electron chi connectivity index (χ4n) is 1.57. The number of tetrazole rings is 1. The van der Waals surface area contributed by atoms with Crippen molar-refractivity contribution in [3.05, 3.63) is 36.0 Å². The monoisotopic (exact) mass is 274 g/mol. The van der Waals surface area contributed by atoms with Crippen molar-refractivity contribution in [1.82, 2.24) is 29.8 Å². The molecule has 0 aliphatic heterocycles. The van der Waals surface area contributed by atoms with Crippen LogP contribution in [0, 0.1) is 0 Å². The largest absolute Gasteiger partial charge is 0.313 e. The Labute approximate surface area is 112 Å². The van der Waals surface area contributed by atoms with Gasteiger partial charge in [0.15, 0.2) is 0 Å². The van der Waals surface area contributed by atoms with Gasteiger partial charge in [-0.05, 0) is 5.21 Å². The van der Waals surface area contributed by atoms with Crippen molar-refractivity contribution in [2.45, 2.75) is 6.54 Å². The number of nitrogens with two attached hydrogens (primary N) is 1. The van der Waals surface area contributed by atoms with Crippen LogP contribution in [0.5, 0.6) is 0 Å². The third kappa shape index (κ3) is 2.41. The first-order valence-corrected chi connectivity index (χ1v) is 6.25. The molecule has 0 saturated carbocycles. The molecule has 1 aromatic carbocycles. The predicted molar refractivity (Wildman–Crippen MR) is 70.1 cm³/mol. The van der Waals surface area contributed by atoms with Crippen LogP contribution in [0.3, 0.4) is 0 Å². The number of hydrogen-bond acceptors (Lipinski definition) is 8. The van der Waals surface area contributed by atoms with Crippen molar-refractivity contribution in [3.8, 4) is 11.4 Å². The van der Waals surface area contributed by atoms with Crippen LogP contribution in [0.15, 0.2) is 30.3 Å². The molecular formula is C10H10N8S. The van der Waals surface area contributed by atoms with Crippen molar-refractivity contribution in [1.29, 1.82) is 0 Å². The summed E-state index contributed by atoms with van der Waals surface area (Å²) < 4.78 is 3.81. The molecule has 0 unspecified atom stereocenters. The van der Waals surface area contributed by atoms with Gasteiger partial charge in [0.05, 0.1) is 0 Å². The highest BCUT2D eigenvalue weighted by atomic mass is 32.1. The highest BCUT2D eigenvalue weighted by Gasteiger charge is 2.10. The summed E-state index contributed by atoms with van der Waals surface area (Å²) in [7, 11) is 0. The van der Waals surface area contributed by atoms with E-state index in [4.69, 9.17) is 5.84 Å². The van der Waals surface area contributed by atoms with Gasteiger partial charge in [0, 0.05) is 17.1 Å². The van der Waals surface area contributed by atoms with Crippen LogP contribution in [-0.2, 0) is 6.54 Å². The third-order valence-electron chi connectivity index (χ3n) is 2.46. The molecule has 2 heterocycles. The number of nitrogens with zero attached hydrogens (tertiary/aromatic N) is 6. The number of rotatable bonds is 4. The van der Waals surface area contributed by atoms with E-state index in [1.807, 2.05) is 30.3 Å². The van der Waals surface area contributed by atoms with Gasteiger partial charge in [-0.15, -0.1) is 15.3 Å². The molecule has 0 fully saturated rings. The molecule has 2 aromatic heterocycles. The second-order valence-electron chi connectivity index (χ2n) is 3.70. The molecule has 0 aliphatic carbocycles. The standard InChI is InChI=1S/C10H10N8S/c11-12-10-8(13-17-19-10)6-18-15-9(14-16-18)7-4-2-1-3-5-7/h1-5,12H,6,11H2. The first-order chi connectivity index (χ1) is 9.36. The Bertz CT molecular complexity index is 661. The lowest BCUT2D eigenvalue weighted by Crippen LogP contribution is -2.11. The maximum atomic E-state index is 5.36. The van der Waals surface area contributed by atoms with Gasteiger partial charge in [-0.1, -0.05) is 34.8 Å². The summed E-state index contributed by atoms with van der Waals surface area (Å²) in [5, 5.41) is 16.9. The van der Waals surface area contributed by atoms with Crippen molar-refractivity contribution < 1.29 is 0 Å². The van der Waals surface area contributed by atoms with E-state index in [-0.39, 0.29) is 0 Å². The summed E-state index contributed by atoms with van der Waals surface area (Å²) in [6.45, 7) is 0.371. The second kappa shape index (κ2) is 5.08. The number of anilines is 1. The number of benzene rings is 1. The number of nitrogens with one attached hydrogen (secondary N) is 1. The molecule has 0 radical (unpaired) electrons. The summed E-state index contributed by atoms with van der Waals surface area (Å²) in [4.78, 5) is 1.46. The first kappa shape index (κ1) is 11.7. The summed E-state index contributed by atoms with van der Waals surface area (Å²) >= 11 is 1.19. The Morgan fingerprint density at radius 1 is 1.21 bits per heavy atom. The molecule has 3 aromatic rings. The van der Waals surface area contributed by atoms with E-state index in [0.717, 1.165) is 5.56 Å². The Balaban J connectivity index is 1.82. The number of hydrazine groups is 1. The number of aromatic nitrogens is 6. The molecular weight excluding hydrogens is 264 g/mol. The van der Waals surface area contributed by atoms with E-state index in [1.54, 1.807) is 0 Å². The summed E-state index contributed by atoms with van der Waals surface area (Å²) in [5.74, 6) is 5.93. The molecule has 19 heavy (non-hydrogen) atoms. The molecule has 9 heteroatoms. The summed E-state index contributed by atoms with van der Waals surface area (Å²) in [6.07, 6.45) is 0. The van der Waals surface area contributed by atoms with Gasteiger partial charge in [0.1, 0.15) is 17.2 Å². The van der Waals surface area contributed by atoms with Gasteiger partial charge < -0.3 is 5.43 Å². The average molecular weight is 274 g/mol. The Kier molecular flexibility index (Phi) is 3.12. The minimum absolute atomic E-state index is 0.371. The molecule has 0 atom stereocenters. The van der Waals surface area contributed by atoms with E-state index in [1.165, 1.54) is 16.3 Å². The molecule has 3 N–H and O–H groups in total. The SMILES string of the molecule is NNc1snnc1Cn1nnc(-c2ccccc2)n1. The number of nitrogen functional groups attached to an aromatic ring is 1. The topological polar surface area (TPSA) is 107 Å². The molecule has 0 spiro atoms. The molecule has 96 valence electrons. The Morgan fingerprint density at radius 3 is 2.84 bits per heavy atom. The van der Waals surface area contributed by atoms with E-state index in [2.05, 4.69) is 30.4 Å². The quantitative estimate of drug-likeness (QED) is 0.527. The van der Waals surface area contributed by atoms with Crippen LogP contribution in [-0.4, -0.2) is 29.8 Å². The lowest BCUT2D eigenvalue weighted by Gasteiger charge is -1.97. The van der Waals surface area contributed by atoms with Gasteiger partial charge in [-0.3, -0.25) is 0 Å². The van der Waals surface area contributed by atoms with Gasteiger partial charge in [-0.2, -0.15) is 4.80 Å². The molecule has 0 bridgehead atoms. The highest BCUT2D eigenvalue weighted by Crippen LogP contribution is 2.17. The Morgan fingerprint density at radius 2 is 2.05 bits per heavy atom. The van der Waals surface area contributed by atoms with Crippen LogP contribution in [0.1, 0.15) is 5.69 Å². The zero-order chi connectivity index (χ0) is 13.1. The summed E-state index contributed by atoms with van der Waals surface area (Å²) in [6, 6.07) is 9.65. The van der Waals surface area contributed by atoms with Gasteiger partial charge in [0.2, 0.25) is 5.82 Å². The fourth-order valence-corrected chi connectivity index (χ4v) is 2.05. The third-order valence-corrected chi connectivity index (χ3v) is 3.16. The van der Waals surface area contributed by atoms with Crippen LogP contribution in [0.2, 0.25) is 0 Å². The molecule has 8 nitrogen and oxygen atoms in total. The highest BCUT2D eigenvalue weighted by molar-refractivity contribution is 7.10. The van der Waals surface area contributed by atoms with Crippen molar-refractivity contribution in [2.24, 2.45) is 5.84 Å². The van der Waals surface area contributed by atoms with E-state index >= 15 is 0 Å². The van der Waals surface area contributed by atoms with E-state index in [0.29, 0.717) is 23.1 Å². The van der Waals surface area contributed by atoms with Gasteiger partial charge in [-0.25, -0.2) is 5.84 Å². The minimum Gasteiger partial charge on any atom is -0.313 e. The van der Waals surface area contributed by atoms with E-state index in [9.17, 15) is 0 Å². The zero-order valence-corrected chi connectivity index (χ0v) is 10.6. The van der Waals surface area contributed by atoms with Crippen molar-refractivity contribution >= 4 is 16.5 Å². The zero-order valence-electron chi connectivity index (χ0n) is 9.76. The lowest BCUT2D eigenvalue weighted by molar-refractivity contribution is 0.564. The maximum absolute atomic E-state index is 5.36. The smallest absolute Gasteiger partial charge is 0.204 e. The summed E-state index contributed by atoms with van der Waals surface area (Å²) in [5.41, 5.74) is 4.14. The van der Waals surface area contributed by atoms with Gasteiger partial charge in [0.25, 0.3) is 0 Å². The average Bonchev–Trinajstić information content (AvgIpc) is 3.09. The molecule has 3 rings (SSSR count). The van der Waals surface area contributed by atoms with E-state index < -0.39 is 0 Å².